The molecule has 3 heteroatoms. The SMILES string of the molecule is CCCCCCNC(C)(CC)C(=O)O. The van der Waals surface area contributed by atoms with E-state index in [1.54, 1.807) is 6.92 Å². The third-order valence-corrected chi connectivity index (χ3v) is 2.72. The van der Waals surface area contributed by atoms with Crippen molar-refractivity contribution in [3.63, 3.8) is 0 Å². The molecule has 0 fully saturated rings. The van der Waals surface area contributed by atoms with Crippen molar-refractivity contribution in [3.8, 4) is 0 Å². The smallest absolute Gasteiger partial charge is 0.323 e. The van der Waals surface area contributed by atoms with Gasteiger partial charge in [-0.25, -0.2) is 0 Å². The van der Waals surface area contributed by atoms with Crippen LogP contribution in [0, 0.1) is 0 Å². The fourth-order valence-corrected chi connectivity index (χ4v) is 1.27. The molecule has 84 valence electrons. The minimum Gasteiger partial charge on any atom is -0.480 e. The Morgan fingerprint density at radius 1 is 1.29 bits per heavy atom. The Morgan fingerprint density at radius 3 is 2.36 bits per heavy atom. The van der Waals surface area contributed by atoms with Crippen molar-refractivity contribution in [2.24, 2.45) is 0 Å². The second kappa shape index (κ2) is 6.82. The van der Waals surface area contributed by atoms with E-state index in [-0.39, 0.29) is 0 Å². The van der Waals surface area contributed by atoms with Crippen LogP contribution in [-0.4, -0.2) is 23.2 Å². The average molecular weight is 201 g/mol. The number of hydrogen-bond donors (Lipinski definition) is 2. The topological polar surface area (TPSA) is 49.3 Å². The lowest BCUT2D eigenvalue weighted by molar-refractivity contribution is -0.144. The summed E-state index contributed by atoms with van der Waals surface area (Å²) < 4.78 is 0. The van der Waals surface area contributed by atoms with Gasteiger partial charge in [0, 0.05) is 0 Å². The molecule has 0 heterocycles. The monoisotopic (exact) mass is 201 g/mol. The lowest BCUT2D eigenvalue weighted by atomic mass is 9.99. The van der Waals surface area contributed by atoms with E-state index in [9.17, 15) is 4.79 Å². The molecule has 14 heavy (non-hydrogen) atoms. The van der Waals surface area contributed by atoms with Gasteiger partial charge in [0.2, 0.25) is 0 Å². The Labute approximate surface area is 86.9 Å². The Bertz CT molecular complexity index is 171. The molecule has 0 aromatic heterocycles. The third kappa shape index (κ3) is 4.61. The molecule has 0 radical (unpaired) electrons. The molecule has 0 aromatic carbocycles. The van der Waals surface area contributed by atoms with Crippen LogP contribution in [0.25, 0.3) is 0 Å². The predicted octanol–water partition coefficient (Wildman–Crippen LogP) is 2.41. The molecule has 0 aliphatic carbocycles. The third-order valence-electron chi connectivity index (χ3n) is 2.72. The van der Waals surface area contributed by atoms with E-state index < -0.39 is 11.5 Å². The van der Waals surface area contributed by atoms with Crippen molar-refractivity contribution >= 4 is 5.97 Å². The fraction of sp³-hybridized carbons (Fsp3) is 0.909. The van der Waals surface area contributed by atoms with Gasteiger partial charge in [-0.15, -0.1) is 0 Å². The van der Waals surface area contributed by atoms with Gasteiger partial charge in [-0.1, -0.05) is 33.1 Å². The lowest BCUT2D eigenvalue weighted by Gasteiger charge is -2.24. The maximum atomic E-state index is 10.9. The summed E-state index contributed by atoms with van der Waals surface area (Å²) in [5, 5.41) is 12.1. The number of carboxylic acids is 1. The van der Waals surface area contributed by atoms with Crippen molar-refractivity contribution in [1.82, 2.24) is 5.32 Å². The second-order valence-corrected chi connectivity index (χ2v) is 3.98. The van der Waals surface area contributed by atoms with Gasteiger partial charge in [-0.05, 0) is 26.3 Å². The Kier molecular flexibility index (Phi) is 6.54. The quantitative estimate of drug-likeness (QED) is 0.593. The highest BCUT2D eigenvalue weighted by molar-refractivity contribution is 5.78. The van der Waals surface area contributed by atoms with Crippen molar-refractivity contribution in [2.75, 3.05) is 6.54 Å². The summed E-state index contributed by atoms with van der Waals surface area (Å²) in [5.41, 5.74) is -0.744. The summed E-state index contributed by atoms with van der Waals surface area (Å²) in [7, 11) is 0. The van der Waals surface area contributed by atoms with Crippen LogP contribution in [0.5, 0.6) is 0 Å². The molecule has 1 atom stereocenters. The highest BCUT2D eigenvalue weighted by Crippen LogP contribution is 2.09. The molecule has 0 aliphatic heterocycles. The van der Waals surface area contributed by atoms with E-state index in [1.807, 2.05) is 6.92 Å². The van der Waals surface area contributed by atoms with Crippen LogP contribution in [-0.2, 0) is 4.79 Å². The first-order valence-corrected chi connectivity index (χ1v) is 5.55. The van der Waals surface area contributed by atoms with Gasteiger partial charge < -0.3 is 10.4 Å². The zero-order valence-corrected chi connectivity index (χ0v) is 9.60. The molecule has 0 saturated carbocycles. The van der Waals surface area contributed by atoms with Crippen LogP contribution in [0.15, 0.2) is 0 Å². The fourth-order valence-electron chi connectivity index (χ4n) is 1.27. The maximum absolute atomic E-state index is 10.9. The second-order valence-electron chi connectivity index (χ2n) is 3.98. The number of aliphatic carboxylic acids is 1. The number of rotatable bonds is 8. The summed E-state index contributed by atoms with van der Waals surface area (Å²) in [6, 6.07) is 0. The van der Waals surface area contributed by atoms with Crippen LogP contribution in [0.1, 0.15) is 52.9 Å². The summed E-state index contributed by atoms with van der Waals surface area (Å²) in [6.07, 6.45) is 5.32. The maximum Gasteiger partial charge on any atom is 0.323 e. The minimum atomic E-state index is -0.754. The average Bonchev–Trinajstić information content (AvgIpc) is 2.17. The number of unbranched alkanes of at least 4 members (excludes halogenated alkanes) is 3. The molecule has 2 N–H and O–H groups in total. The Hall–Kier alpha value is -0.570. The van der Waals surface area contributed by atoms with Crippen molar-refractivity contribution in [1.29, 1.82) is 0 Å². The molecule has 1 unspecified atom stereocenters. The summed E-state index contributed by atoms with van der Waals surface area (Å²) in [6.45, 7) is 6.61. The Balaban J connectivity index is 3.68. The van der Waals surface area contributed by atoms with E-state index >= 15 is 0 Å². The molecule has 0 spiro atoms. The van der Waals surface area contributed by atoms with Crippen LogP contribution >= 0.6 is 0 Å². The van der Waals surface area contributed by atoms with E-state index in [0.29, 0.717) is 6.42 Å². The van der Waals surface area contributed by atoms with E-state index in [4.69, 9.17) is 5.11 Å². The van der Waals surface area contributed by atoms with Gasteiger partial charge in [0.1, 0.15) is 5.54 Å². The lowest BCUT2D eigenvalue weighted by Crippen LogP contribution is -2.49. The zero-order valence-electron chi connectivity index (χ0n) is 9.60. The van der Waals surface area contributed by atoms with Gasteiger partial charge in [-0.3, -0.25) is 4.79 Å². The molecule has 0 bridgehead atoms. The molecule has 0 aliphatic rings. The van der Waals surface area contributed by atoms with E-state index in [0.717, 1.165) is 13.0 Å². The van der Waals surface area contributed by atoms with Crippen LogP contribution in [0.2, 0.25) is 0 Å². The first-order valence-electron chi connectivity index (χ1n) is 5.55. The highest BCUT2D eigenvalue weighted by Gasteiger charge is 2.29. The summed E-state index contributed by atoms with van der Waals surface area (Å²) >= 11 is 0. The van der Waals surface area contributed by atoms with Gasteiger partial charge in [-0.2, -0.15) is 0 Å². The molecule has 0 saturated heterocycles. The first kappa shape index (κ1) is 13.4. The van der Waals surface area contributed by atoms with Gasteiger partial charge >= 0.3 is 5.97 Å². The normalized spacial score (nSPS) is 15.1. The summed E-state index contributed by atoms with van der Waals surface area (Å²) in [5.74, 6) is -0.754. The Morgan fingerprint density at radius 2 is 1.93 bits per heavy atom. The van der Waals surface area contributed by atoms with Crippen molar-refractivity contribution < 1.29 is 9.90 Å². The minimum absolute atomic E-state index is 0.621. The molecule has 0 aromatic rings. The molecule has 0 amide bonds. The molecular weight excluding hydrogens is 178 g/mol. The zero-order chi connectivity index (χ0) is 11.0. The first-order chi connectivity index (χ1) is 6.56. The number of carboxylic acid groups (broad SMARTS) is 1. The largest absolute Gasteiger partial charge is 0.480 e. The summed E-state index contributed by atoms with van der Waals surface area (Å²) in [4.78, 5) is 10.9. The number of nitrogens with one attached hydrogen (secondary N) is 1. The predicted molar refractivity (Wildman–Crippen MR) is 58.5 cm³/mol. The van der Waals surface area contributed by atoms with Crippen LogP contribution in [0.4, 0.5) is 0 Å². The standard InChI is InChI=1S/C11H23NO2/c1-4-6-7-8-9-12-11(3,5-2)10(13)14/h12H,4-9H2,1-3H3,(H,13,14). The van der Waals surface area contributed by atoms with Crippen LogP contribution < -0.4 is 5.32 Å². The number of carbonyl (C=O) groups is 1. The van der Waals surface area contributed by atoms with Crippen molar-refractivity contribution in [3.05, 3.63) is 0 Å². The van der Waals surface area contributed by atoms with Crippen LogP contribution in [0.3, 0.4) is 0 Å². The van der Waals surface area contributed by atoms with E-state index in [2.05, 4.69) is 12.2 Å². The molecule has 0 rings (SSSR count). The molecule has 3 nitrogen and oxygen atoms in total. The van der Waals surface area contributed by atoms with Crippen molar-refractivity contribution in [2.45, 2.75) is 58.4 Å². The van der Waals surface area contributed by atoms with E-state index in [1.165, 1.54) is 19.3 Å². The van der Waals surface area contributed by atoms with Gasteiger partial charge in [0.05, 0.1) is 0 Å². The molecular formula is C11H23NO2. The highest BCUT2D eigenvalue weighted by atomic mass is 16.4. The van der Waals surface area contributed by atoms with Gasteiger partial charge in [0.15, 0.2) is 0 Å². The van der Waals surface area contributed by atoms with Gasteiger partial charge in [0.25, 0.3) is 0 Å². The number of hydrogen-bond acceptors (Lipinski definition) is 2.